The molecule has 1 aromatic rings. The highest BCUT2D eigenvalue weighted by atomic mass is 16.5. The molecule has 7 atom stereocenters. The molecule has 3 aliphatic carbocycles. The molecule has 0 spiro atoms. The minimum atomic E-state index is -0.867. The molecule has 0 unspecified atom stereocenters. The van der Waals surface area contributed by atoms with Gasteiger partial charge in [-0.1, -0.05) is 27.7 Å². The van der Waals surface area contributed by atoms with Crippen LogP contribution in [0, 0.1) is 39.9 Å². The minimum absolute atomic E-state index is 0.0173. The number of methoxy groups -OCH3 is 1. The number of ether oxygens (including phenoxy) is 2. The summed E-state index contributed by atoms with van der Waals surface area (Å²) in [6, 6.07) is 1.82. The Labute approximate surface area is 199 Å². The summed E-state index contributed by atoms with van der Waals surface area (Å²) in [5.74, 6) is -2.39. The summed E-state index contributed by atoms with van der Waals surface area (Å²) < 4.78 is 16.0. The molecular weight excluding hydrogens is 436 g/mol. The van der Waals surface area contributed by atoms with E-state index in [0.717, 1.165) is 24.0 Å². The van der Waals surface area contributed by atoms with Crippen LogP contribution in [0.4, 0.5) is 0 Å². The average molecular weight is 469 g/mol. The van der Waals surface area contributed by atoms with Gasteiger partial charge in [-0.05, 0) is 48.7 Å². The highest BCUT2D eigenvalue weighted by molar-refractivity contribution is 6.11. The molecule has 0 aromatic carbocycles. The molecule has 34 heavy (non-hydrogen) atoms. The Hall–Kier alpha value is -2.70. The first-order valence-electron chi connectivity index (χ1n) is 12.1. The molecule has 5 rings (SSSR count). The fourth-order valence-corrected chi connectivity index (χ4v) is 7.93. The summed E-state index contributed by atoms with van der Waals surface area (Å²) in [4.78, 5) is 52.6. The Morgan fingerprint density at radius 1 is 1.15 bits per heavy atom. The fourth-order valence-electron chi connectivity index (χ4n) is 7.93. The second kappa shape index (κ2) is 7.40. The van der Waals surface area contributed by atoms with Crippen molar-refractivity contribution in [2.75, 3.05) is 7.11 Å². The average Bonchev–Trinajstić information content (AvgIpc) is 3.32. The van der Waals surface area contributed by atoms with Gasteiger partial charge in [0.05, 0.1) is 32.0 Å². The lowest BCUT2D eigenvalue weighted by Crippen LogP contribution is -2.66. The van der Waals surface area contributed by atoms with Crippen molar-refractivity contribution < 1.29 is 33.1 Å². The molecule has 3 fully saturated rings. The van der Waals surface area contributed by atoms with E-state index in [1.54, 1.807) is 18.6 Å². The smallest absolute Gasteiger partial charge is 0.331 e. The van der Waals surface area contributed by atoms with Gasteiger partial charge < -0.3 is 13.9 Å². The zero-order valence-electron chi connectivity index (χ0n) is 20.4. The summed E-state index contributed by atoms with van der Waals surface area (Å²) in [6.45, 7) is 7.77. The Balaban J connectivity index is 1.62. The molecular formula is C27H32O7. The van der Waals surface area contributed by atoms with Crippen molar-refractivity contribution >= 4 is 23.5 Å². The van der Waals surface area contributed by atoms with Gasteiger partial charge in [0, 0.05) is 27.9 Å². The van der Waals surface area contributed by atoms with Gasteiger partial charge in [-0.25, -0.2) is 4.79 Å². The summed E-state index contributed by atoms with van der Waals surface area (Å²) in [5, 5.41) is 0. The number of cyclic esters (lactones) is 1. The first-order chi connectivity index (χ1) is 16.0. The van der Waals surface area contributed by atoms with Crippen LogP contribution in [-0.4, -0.2) is 30.6 Å². The zero-order chi connectivity index (χ0) is 24.6. The number of hydrogen-bond acceptors (Lipinski definition) is 7. The van der Waals surface area contributed by atoms with Gasteiger partial charge in [0.15, 0.2) is 0 Å². The van der Waals surface area contributed by atoms with E-state index in [9.17, 15) is 19.2 Å². The number of carbonyl (C=O) groups excluding carboxylic acids is 4. The summed E-state index contributed by atoms with van der Waals surface area (Å²) in [5.41, 5.74) is -0.390. The lowest BCUT2D eigenvalue weighted by atomic mass is 9.39. The molecule has 2 bridgehead atoms. The Morgan fingerprint density at radius 2 is 1.88 bits per heavy atom. The third kappa shape index (κ3) is 2.88. The second-order valence-corrected chi connectivity index (χ2v) is 11.5. The van der Waals surface area contributed by atoms with Crippen LogP contribution in [0.3, 0.4) is 0 Å². The maximum atomic E-state index is 13.8. The van der Waals surface area contributed by atoms with E-state index < -0.39 is 46.1 Å². The lowest BCUT2D eigenvalue weighted by Gasteiger charge is -2.63. The van der Waals surface area contributed by atoms with E-state index in [0.29, 0.717) is 6.42 Å². The molecule has 0 amide bonds. The van der Waals surface area contributed by atoms with Gasteiger partial charge in [0.25, 0.3) is 0 Å². The maximum absolute atomic E-state index is 13.8. The van der Waals surface area contributed by atoms with E-state index in [-0.39, 0.29) is 29.8 Å². The van der Waals surface area contributed by atoms with Crippen LogP contribution in [0.25, 0.3) is 0 Å². The maximum Gasteiger partial charge on any atom is 0.331 e. The molecule has 182 valence electrons. The van der Waals surface area contributed by atoms with Gasteiger partial charge in [0.1, 0.15) is 17.7 Å². The fraction of sp³-hybridized carbons (Fsp3) is 0.630. The van der Waals surface area contributed by atoms with Crippen molar-refractivity contribution in [1.82, 2.24) is 0 Å². The predicted molar refractivity (Wildman–Crippen MR) is 120 cm³/mol. The molecule has 2 heterocycles. The van der Waals surface area contributed by atoms with Gasteiger partial charge in [-0.2, -0.15) is 0 Å². The van der Waals surface area contributed by atoms with Crippen molar-refractivity contribution in [3.8, 4) is 0 Å². The van der Waals surface area contributed by atoms with E-state index in [4.69, 9.17) is 13.9 Å². The van der Waals surface area contributed by atoms with Crippen LogP contribution in [0.5, 0.6) is 0 Å². The number of carbonyl (C=O) groups is 4. The molecule has 4 aliphatic rings. The first-order valence-corrected chi connectivity index (χ1v) is 12.1. The number of hydrogen-bond donors (Lipinski definition) is 0. The quantitative estimate of drug-likeness (QED) is 0.484. The van der Waals surface area contributed by atoms with Gasteiger partial charge >= 0.3 is 11.9 Å². The van der Waals surface area contributed by atoms with Gasteiger partial charge in [0.2, 0.25) is 0 Å². The Morgan fingerprint density at radius 3 is 2.53 bits per heavy atom. The van der Waals surface area contributed by atoms with Gasteiger partial charge in [-0.3, -0.25) is 14.4 Å². The number of fused-ring (bicyclic) bond motifs is 6. The molecule has 0 N–H and O–H groups in total. The monoisotopic (exact) mass is 468 g/mol. The molecule has 0 radical (unpaired) electrons. The molecule has 1 aromatic heterocycles. The molecule has 0 saturated heterocycles. The van der Waals surface area contributed by atoms with E-state index in [1.165, 1.54) is 7.11 Å². The normalized spacial score (nSPS) is 40.6. The third-order valence-corrected chi connectivity index (χ3v) is 9.70. The zero-order valence-corrected chi connectivity index (χ0v) is 20.4. The highest BCUT2D eigenvalue weighted by Gasteiger charge is 2.69. The number of ketones is 2. The molecule has 7 heteroatoms. The van der Waals surface area contributed by atoms with E-state index >= 15 is 0 Å². The van der Waals surface area contributed by atoms with Crippen LogP contribution < -0.4 is 0 Å². The van der Waals surface area contributed by atoms with Crippen LogP contribution in [0.1, 0.15) is 65.0 Å². The second-order valence-electron chi connectivity index (χ2n) is 11.5. The van der Waals surface area contributed by atoms with Crippen molar-refractivity contribution in [3.05, 3.63) is 35.8 Å². The summed E-state index contributed by atoms with van der Waals surface area (Å²) >= 11 is 0. The number of Topliss-reactive ketones (excluding diaryl/α,β-unsaturated/α-hetero) is 2. The lowest BCUT2D eigenvalue weighted by molar-refractivity contribution is -0.182. The summed E-state index contributed by atoms with van der Waals surface area (Å²) in [6.07, 6.45) is 6.16. The highest BCUT2D eigenvalue weighted by Crippen LogP contribution is 2.68. The van der Waals surface area contributed by atoms with Crippen molar-refractivity contribution in [2.45, 2.75) is 59.5 Å². The summed E-state index contributed by atoms with van der Waals surface area (Å²) in [7, 11) is 1.33. The minimum Gasteiger partial charge on any atom is -0.472 e. The number of rotatable bonds is 3. The number of furan rings is 1. The van der Waals surface area contributed by atoms with Gasteiger partial charge in [-0.15, -0.1) is 0 Å². The van der Waals surface area contributed by atoms with Crippen molar-refractivity contribution in [2.24, 2.45) is 39.9 Å². The van der Waals surface area contributed by atoms with Crippen molar-refractivity contribution in [3.63, 3.8) is 0 Å². The standard InChI is InChI=1S/C27H32O7/c1-25(2)19(12-20(28)32-5)27(4)17-6-8-26(3)18(15(17)10-16(22(25)30)23(27)31)11-21(29)34-24(26)14-7-9-33-13-14/h7,9,11,13,15-17,19,24H,6,8,10,12H2,1-5H3/t15-,16-,17+,19-,24-,26-,27+/m0/s1. The largest absolute Gasteiger partial charge is 0.472 e. The molecule has 3 saturated carbocycles. The van der Waals surface area contributed by atoms with Crippen molar-refractivity contribution in [1.29, 1.82) is 0 Å². The first kappa shape index (κ1) is 23.1. The molecule has 7 nitrogen and oxygen atoms in total. The van der Waals surface area contributed by atoms with E-state index in [1.807, 2.05) is 26.8 Å². The predicted octanol–water partition coefficient (Wildman–Crippen LogP) is 4.22. The number of esters is 2. The van der Waals surface area contributed by atoms with Crippen LogP contribution in [0.2, 0.25) is 0 Å². The Bertz CT molecular complexity index is 1100. The third-order valence-electron chi connectivity index (χ3n) is 9.70. The van der Waals surface area contributed by atoms with Crippen LogP contribution in [-0.2, 0) is 28.7 Å². The SMILES string of the molecule is COC(=O)C[C@H]1C(C)(C)C(=O)[C@@H]2C[C@@H]3C4=CC(=O)O[C@@H](c5ccoc5)[C@@]4(C)CC[C@H]3[C@@]1(C)C2=O. The topological polar surface area (TPSA) is 99.9 Å². The van der Waals surface area contributed by atoms with Crippen LogP contribution in [0.15, 0.2) is 34.7 Å². The molecule has 1 aliphatic heterocycles. The Kier molecular flexibility index (Phi) is 5.02. The van der Waals surface area contributed by atoms with Crippen LogP contribution >= 0.6 is 0 Å². The van der Waals surface area contributed by atoms with E-state index in [2.05, 4.69) is 6.92 Å².